The fourth-order valence-corrected chi connectivity index (χ4v) is 4.38. The zero-order valence-electron chi connectivity index (χ0n) is 17.2. The quantitative estimate of drug-likeness (QED) is 0.391. The van der Waals surface area contributed by atoms with Crippen molar-refractivity contribution < 1.29 is 30.4 Å². The minimum atomic E-state index is -4.68. The first-order valence-electron chi connectivity index (χ1n) is 9.50. The first-order chi connectivity index (χ1) is 15.4. The summed E-state index contributed by atoms with van der Waals surface area (Å²) in [6.07, 6.45) is -2.54. The molecule has 0 saturated heterocycles. The molecule has 4 aromatic rings. The van der Waals surface area contributed by atoms with Crippen LogP contribution in [-0.2, 0) is 23.1 Å². The summed E-state index contributed by atoms with van der Waals surface area (Å²) in [5.41, 5.74) is -1.29. The highest BCUT2D eigenvalue weighted by molar-refractivity contribution is 7.91. The fraction of sp³-hybridized carbons (Fsp3) is 0.190. The van der Waals surface area contributed by atoms with Gasteiger partial charge < -0.3 is 4.57 Å². The molecule has 0 bridgehead atoms. The van der Waals surface area contributed by atoms with Crippen LogP contribution in [0.15, 0.2) is 47.6 Å². The monoisotopic (exact) mass is 482 g/mol. The number of halogens is 5. The van der Waals surface area contributed by atoms with E-state index in [0.29, 0.717) is 0 Å². The average Bonchev–Trinajstić information content (AvgIpc) is 3.10. The zero-order chi connectivity index (χ0) is 24.1. The van der Waals surface area contributed by atoms with Crippen LogP contribution in [0.3, 0.4) is 0 Å². The highest BCUT2D eigenvalue weighted by Crippen LogP contribution is 2.34. The van der Waals surface area contributed by atoms with Crippen LogP contribution in [0.2, 0.25) is 0 Å². The summed E-state index contributed by atoms with van der Waals surface area (Å²) < 4.78 is 94.1. The molecular formula is C21H15F5N4O2S. The lowest BCUT2D eigenvalue weighted by molar-refractivity contribution is -0.141. The minimum Gasteiger partial charge on any atom is -0.324 e. The van der Waals surface area contributed by atoms with Gasteiger partial charge in [0.05, 0.1) is 27.9 Å². The number of aromatic nitrogens is 4. The lowest BCUT2D eigenvalue weighted by Gasteiger charge is -2.12. The largest absolute Gasteiger partial charge is 0.433 e. The van der Waals surface area contributed by atoms with E-state index in [0.717, 1.165) is 42.7 Å². The van der Waals surface area contributed by atoms with Crippen LogP contribution in [0.5, 0.6) is 0 Å². The van der Waals surface area contributed by atoms with Crippen LogP contribution in [0.25, 0.3) is 33.7 Å². The number of aryl methyl sites for hydroxylation is 1. The summed E-state index contributed by atoms with van der Waals surface area (Å²) in [6.45, 7) is 1.39. The summed E-state index contributed by atoms with van der Waals surface area (Å²) in [7, 11) is -2.47. The van der Waals surface area contributed by atoms with Crippen LogP contribution in [0.4, 0.5) is 22.0 Å². The molecule has 0 amide bonds. The van der Waals surface area contributed by atoms with Gasteiger partial charge in [0.1, 0.15) is 23.0 Å². The number of rotatable bonds is 4. The highest BCUT2D eigenvalue weighted by Gasteiger charge is 2.33. The molecule has 4 rings (SSSR count). The summed E-state index contributed by atoms with van der Waals surface area (Å²) in [6, 6.07) is 4.64. The molecule has 0 aliphatic heterocycles. The predicted octanol–water partition coefficient (Wildman–Crippen LogP) is 4.79. The van der Waals surface area contributed by atoms with Crippen LogP contribution in [-0.4, -0.2) is 33.7 Å². The second kappa shape index (κ2) is 7.87. The SMILES string of the molecule is CCS(=O)(=O)c1cc(-c2cc(F)ccc2F)cnc1-c1nc2cc(C(F)(F)F)ncc2n1C. The van der Waals surface area contributed by atoms with Crippen molar-refractivity contribution in [1.29, 1.82) is 0 Å². The van der Waals surface area contributed by atoms with Crippen molar-refractivity contribution in [3.63, 3.8) is 0 Å². The molecule has 3 aromatic heterocycles. The zero-order valence-corrected chi connectivity index (χ0v) is 18.0. The molecule has 1 aromatic carbocycles. The van der Waals surface area contributed by atoms with Gasteiger partial charge in [0.15, 0.2) is 15.7 Å². The molecule has 0 aliphatic carbocycles. The van der Waals surface area contributed by atoms with Crippen molar-refractivity contribution in [2.45, 2.75) is 18.0 Å². The predicted molar refractivity (Wildman–Crippen MR) is 110 cm³/mol. The molecule has 0 fully saturated rings. The van der Waals surface area contributed by atoms with E-state index in [9.17, 15) is 30.4 Å². The van der Waals surface area contributed by atoms with Gasteiger partial charge >= 0.3 is 6.18 Å². The van der Waals surface area contributed by atoms with E-state index in [1.54, 1.807) is 0 Å². The number of alkyl halides is 3. The third-order valence-electron chi connectivity index (χ3n) is 5.08. The van der Waals surface area contributed by atoms with E-state index in [2.05, 4.69) is 15.0 Å². The second-order valence-electron chi connectivity index (χ2n) is 7.15. The molecular weight excluding hydrogens is 467 g/mol. The number of benzene rings is 1. The van der Waals surface area contributed by atoms with Gasteiger partial charge in [-0.15, -0.1) is 0 Å². The fourth-order valence-electron chi connectivity index (χ4n) is 3.33. The van der Waals surface area contributed by atoms with Gasteiger partial charge in [0.25, 0.3) is 0 Å². The lowest BCUT2D eigenvalue weighted by atomic mass is 10.1. The Kier molecular flexibility index (Phi) is 5.43. The summed E-state index contributed by atoms with van der Waals surface area (Å²) >= 11 is 0. The number of hydrogen-bond acceptors (Lipinski definition) is 5. The lowest BCUT2D eigenvalue weighted by Crippen LogP contribution is -2.09. The molecule has 33 heavy (non-hydrogen) atoms. The maximum atomic E-state index is 14.3. The molecule has 172 valence electrons. The Bertz CT molecular complexity index is 1500. The molecule has 0 atom stereocenters. The molecule has 0 aliphatic rings. The smallest absolute Gasteiger partial charge is 0.324 e. The molecule has 0 unspecified atom stereocenters. The Labute approximate surface area is 184 Å². The molecule has 0 saturated carbocycles. The minimum absolute atomic E-state index is 0.0163. The summed E-state index contributed by atoms with van der Waals surface area (Å²) in [4.78, 5) is 11.4. The van der Waals surface area contributed by atoms with Crippen molar-refractivity contribution >= 4 is 20.9 Å². The molecule has 0 N–H and O–H groups in total. The van der Waals surface area contributed by atoms with Gasteiger partial charge in [-0.3, -0.25) is 4.98 Å². The highest BCUT2D eigenvalue weighted by atomic mass is 32.2. The average molecular weight is 482 g/mol. The van der Waals surface area contributed by atoms with Crippen LogP contribution in [0, 0.1) is 11.6 Å². The van der Waals surface area contributed by atoms with Crippen molar-refractivity contribution in [3.05, 3.63) is 60.1 Å². The van der Waals surface area contributed by atoms with Crippen molar-refractivity contribution in [3.8, 4) is 22.6 Å². The molecule has 12 heteroatoms. The second-order valence-corrected chi connectivity index (χ2v) is 9.40. The van der Waals surface area contributed by atoms with E-state index >= 15 is 0 Å². The van der Waals surface area contributed by atoms with Gasteiger partial charge in [0, 0.05) is 24.4 Å². The first-order valence-corrected chi connectivity index (χ1v) is 11.2. The van der Waals surface area contributed by atoms with Crippen LogP contribution < -0.4 is 0 Å². The Balaban J connectivity index is 1.97. The third kappa shape index (κ3) is 4.06. The van der Waals surface area contributed by atoms with Gasteiger partial charge in [-0.1, -0.05) is 6.92 Å². The van der Waals surface area contributed by atoms with Crippen molar-refractivity contribution in [1.82, 2.24) is 19.5 Å². The number of hydrogen-bond donors (Lipinski definition) is 0. The Morgan fingerprint density at radius 3 is 2.42 bits per heavy atom. The summed E-state index contributed by atoms with van der Waals surface area (Å²) in [5.74, 6) is -1.86. The van der Waals surface area contributed by atoms with Gasteiger partial charge in [-0.05, 0) is 30.3 Å². The van der Waals surface area contributed by atoms with Crippen molar-refractivity contribution in [2.75, 3.05) is 5.75 Å². The Hall–Kier alpha value is -3.41. The number of sulfone groups is 1. The molecule has 3 heterocycles. The van der Waals surface area contributed by atoms with E-state index < -0.39 is 33.3 Å². The van der Waals surface area contributed by atoms with Gasteiger partial charge in [0.2, 0.25) is 0 Å². The van der Waals surface area contributed by atoms with Gasteiger partial charge in [-0.25, -0.2) is 27.2 Å². The third-order valence-corrected chi connectivity index (χ3v) is 6.82. The summed E-state index contributed by atoms with van der Waals surface area (Å²) in [5, 5.41) is 0. The van der Waals surface area contributed by atoms with Crippen molar-refractivity contribution in [2.24, 2.45) is 7.05 Å². The molecule has 6 nitrogen and oxygen atoms in total. The van der Waals surface area contributed by atoms with Crippen LogP contribution >= 0.6 is 0 Å². The van der Waals surface area contributed by atoms with E-state index in [1.165, 1.54) is 18.5 Å². The van der Waals surface area contributed by atoms with E-state index in [-0.39, 0.29) is 44.3 Å². The van der Waals surface area contributed by atoms with E-state index in [1.807, 2.05) is 0 Å². The Morgan fingerprint density at radius 1 is 1.03 bits per heavy atom. The standard InChI is InChI=1S/C21H15F5N4O2S/c1-3-33(31,32)17-6-11(13-7-12(22)4-5-14(13)23)9-28-19(17)20-29-15-8-18(21(24,25)26)27-10-16(15)30(20)2/h4-10H,3H2,1-2H3. The molecule has 0 spiro atoms. The Morgan fingerprint density at radius 2 is 1.76 bits per heavy atom. The number of imidazole rings is 1. The first kappa shape index (κ1) is 22.8. The number of fused-ring (bicyclic) bond motifs is 1. The maximum absolute atomic E-state index is 14.3. The van der Waals surface area contributed by atoms with Crippen LogP contribution in [0.1, 0.15) is 12.6 Å². The maximum Gasteiger partial charge on any atom is 0.433 e. The normalized spacial score (nSPS) is 12.5. The topological polar surface area (TPSA) is 77.7 Å². The van der Waals surface area contributed by atoms with Gasteiger partial charge in [-0.2, -0.15) is 13.2 Å². The molecule has 0 radical (unpaired) electrons. The number of nitrogens with zero attached hydrogens (tertiary/aromatic N) is 4. The number of pyridine rings is 2. The van der Waals surface area contributed by atoms with E-state index in [4.69, 9.17) is 0 Å².